The van der Waals surface area contributed by atoms with Crippen molar-refractivity contribution in [3.63, 3.8) is 0 Å². The van der Waals surface area contributed by atoms with Gasteiger partial charge in [0, 0.05) is 30.4 Å². The van der Waals surface area contributed by atoms with Crippen LogP contribution >= 0.6 is 11.6 Å². The van der Waals surface area contributed by atoms with Crippen molar-refractivity contribution in [3.05, 3.63) is 59.4 Å². The highest BCUT2D eigenvalue weighted by Crippen LogP contribution is 2.25. The number of carbonyl (C=O) groups excluding carboxylic acids is 2. The summed E-state index contributed by atoms with van der Waals surface area (Å²) in [4.78, 5) is 30.2. The van der Waals surface area contributed by atoms with Crippen molar-refractivity contribution in [1.29, 1.82) is 0 Å². The smallest absolute Gasteiger partial charge is 0.222 e. The Labute approximate surface area is 181 Å². The Hall–Kier alpha value is -2.64. The van der Waals surface area contributed by atoms with Gasteiger partial charge >= 0.3 is 0 Å². The van der Waals surface area contributed by atoms with E-state index in [4.69, 9.17) is 26.8 Å². The van der Waals surface area contributed by atoms with Gasteiger partial charge in [0.05, 0.1) is 19.6 Å². The molecule has 8 heteroatoms. The van der Waals surface area contributed by atoms with E-state index in [1.807, 2.05) is 12.1 Å². The third kappa shape index (κ3) is 6.43. The van der Waals surface area contributed by atoms with Crippen LogP contribution in [-0.2, 0) is 20.7 Å². The van der Waals surface area contributed by atoms with Gasteiger partial charge in [-0.25, -0.2) is 0 Å². The lowest BCUT2D eigenvalue weighted by molar-refractivity contribution is -0.161. The molecule has 0 spiro atoms. The molecule has 2 heterocycles. The first kappa shape index (κ1) is 22.1. The fourth-order valence-corrected chi connectivity index (χ4v) is 3.64. The Morgan fingerprint density at radius 2 is 1.93 bits per heavy atom. The predicted molar refractivity (Wildman–Crippen MR) is 113 cm³/mol. The molecular formula is C22H26ClN3O4. The number of hydrogen-bond donors (Lipinski definition) is 1. The fourth-order valence-electron chi connectivity index (χ4n) is 3.52. The minimum atomic E-state index is -0.968. The van der Waals surface area contributed by atoms with Crippen LogP contribution in [-0.4, -0.2) is 53.6 Å². The summed E-state index contributed by atoms with van der Waals surface area (Å²) in [5.74, 6) is 0.141. The number of ether oxygens (including phenoxy) is 2. The van der Waals surface area contributed by atoms with E-state index in [1.165, 1.54) is 0 Å². The van der Waals surface area contributed by atoms with Gasteiger partial charge in [0.25, 0.3) is 0 Å². The van der Waals surface area contributed by atoms with Crippen LogP contribution < -0.4 is 10.5 Å². The first-order chi connectivity index (χ1) is 14.5. The number of rotatable bonds is 9. The maximum atomic E-state index is 12.8. The number of pyridine rings is 1. The van der Waals surface area contributed by atoms with Gasteiger partial charge in [0.15, 0.2) is 0 Å². The van der Waals surface area contributed by atoms with E-state index in [-0.39, 0.29) is 25.5 Å². The minimum absolute atomic E-state index is 0.0264. The average molecular weight is 432 g/mol. The molecule has 1 aliphatic rings. The molecule has 1 aliphatic heterocycles. The van der Waals surface area contributed by atoms with Gasteiger partial charge in [-0.15, -0.1) is 0 Å². The lowest BCUT2D eigenvalue weighted by atomic mass is 9.97. The number of hydrogen-bond acceptors (Lipinski definition) is 5. The van der Waals surface area contributed by atoms with Gasteiger partial charge in [0.2, 0.25) is 11.8 Å². The minimum Gasteiger partial charge on any atom is -0.490 e. The summed E-state index contributed by atoms with van der Waals surface area (Å²) in [5, 5.41) is 0.603. The first-order valence-electron chi connectivity index (χ1n) is 9.93. The zero-order valence-electron chi connectivity index (χ0n) is 16.8. The molecule has 0 bridgehead atoms. The van der Waals surface area contributed by atoms with E-state index in [9.17, 15) is 9.59 Å². The molecule has 3 rings (SSSR count). The maximum Gasteiger partial charge on any atom is 0.222 e. The van der Waals surface area contributed by atoms with E-state index in [2.05, 4.69) is 4.98 Å². The second-order valence-electron chi connectivity index (χ2n) is 7.44. The zero-order valence-corrected chi connectivity index (χ0v) is 17.5. The number of primary amides is 1. The summed E-state index contributed by atoms with van der Waals surface area (Å²) in [6.45, 7) is 1.18. The van der Waals surface area contributed by atoms with E-state index in [0.29, 0.717) is 30.3 Å². The summed E-state index contributed by atoms with van der Waals surface area (Å²) in [6, 6.07) is 10.8. The van der Waals surface area contributed by atoms with Crippen molar-refractivity contribution in [2.45, 2.75) is 31.3 Å². The molecule has 0 radical (unpaired) electrons. The second-order valence-corrected chi connectivity index (χ2v) is 7.88. The number of morpholine rings is 1. The van der Waals surface area contributed by atoms with Gasteiger partial charge in [0.1, 0.15) is 18.0 Å². The van der Waals surface area contributed by atoms with Gasteiger partial charge in [-0.1, -0.05) is 11.6 Å². The molecule has 2 N–H and O–H groups in total. The van der Waals surface area contributed by atoms with Gasteiger partial charge in [-0.2, -0.15) is 0 Å². The third-order valence-corrected chi connectivity index (χ3v) is 5.27. The van der Waals surface area contributed by atoms with Crippen LogP contribution in [0.15, 0.2) is 48.8 Å². The van der Waals surface area contributed by atoms with Crippen molar-refractivity contribution in [2.24, 2.45) is 5.73 Å². The van der Waals surface area contributed by atoms with Crippen LogP contribution in [0.4, 0.5) is 0 Å². The Kier molecular flexibility index (Phi) is 7.65. The number of amides is 2. The fraction of sp³-hybridized carbons (Fsp3) is 0.409. The molecule has 0 aliphatic carbocycles. The lowest BCUT2D eigenvalue weighted by Gasteiger charge is -2.42. The predicted octanol–water partition coefficient (Wildman–Crippen LogP) is 2.61. The molecule has 0 saturated carbocycles. The highest BCUT2D eigenvalue weighted by Gasteiger charge is 2.40. The quantitative estimate of drug-likeness (QED) is 0.658. The average Bonchev–Trinajstić information content (AvgIpc) is 2.74. The SMILES string of the molecule is NC(=O)C[C@]1(COc2ccc(Cl)cc2)CN(C(=O)CCCc2ccncc2)CCO1. The number of nitrogens with two attached hydrogens (primary N) is 1. The first-order valence-corrected chi connectivity index (χ1v) is 10.3. The number of carbonyl (C=O) groups is 2. The van der Waals surface area contributed by atoms with E-state index in [0.717, 1.165) is 18.4 Å². The number of benzene rings is 1. The van der Waals surface area contributed by atoms with Gasteiger partial charge < -0.3 is 20.1 Å². The number of aryl methyl sites for hydroxylation is 1. The van der Waals surface area contributed by atoms with Crippen LogP contribution in [0, 0.1) is 0 Å². The highest BCUT2D eigenvalue weighted by atomic mass is 35.5. The molecule has 160 valence electrons. The molecule has 2 aromatic rings. The molecule has 1 saturated heterocycles. The zero-order chi connectivity index (χ0) is 21.4. The van der Waals surface area contributed by atoms with Gasteiger partial charge in [-0.3, -0.25) is 14.6 Å². The molecule has 1 aromatic carbocycles. The molecule has 1 fully saturated rings. The molecule has 0 unspecified atom stereocenters. The van der Waals surface area contributed by atoms with E-state index >= 15 is 0 Å². The Bertz CT molecular complexity index is 847. The molecule has 7 nitrogen and oxygen atoms in total. The summed E-state index contributed by atoms with van der Waals surface area (Å²) in [5.41, 5.74) is 5.65. The molecular weight excluding hydrogens is 406 g/mol. The van der Waals surface area contributed by atoms with Crippen LogP contribution in [0.25, 0.3) is 0 Å². The Morgan fingerprint density at radius 3 is 2.63 bits per heavy atom. The molecule has 30 heavy (non-hydrogen) atoms. The normalized spacial score (nSPS) is 18.8. The summed E-state index contributed by atoms with van der Waals surface area (Å²) in [6.07, 6.45) is 5.44. The summed E-state index contributed by atoms with van der Waals surface area (Å²) < 4.78 is 11.8. The van der Waals surface area contributed by atoms with E-state index in [1.54, 1.807) is 41.6 Å². The lowest BCUT2D eigenvalue weighted by Crippen LogP contribution is -2.58. The monoisotopic (exact) mass is 431 g/mol. The number of aromatic nitrogens is 1. The maximum absolute atomic E-state index is 12.8. The topological polar surface area (TPSA) is 94.8 Å². The van der Waals surface area contributed by atoms with Crippen molar-refractivity contribution in [3.8, 4) is 5.75 Å². The van der Waals surface area contributed by atoms with Crippen LogP contribution in [0.2, 0.25) is 5.02 Å². The van der Waals surface area contributed by atoms with Crippen LogP contribution in [0.5, 0.6) is 5.75 Å². The van der Waals surface area contributed by atoms with Gasteiger partial charge in [-0.05, 0) is 54.8 Å². The van der Waals surface area contributed by atoms with Crippen LogP contribution in [0.1, 0.15) is 24.8 Å². The van der Waals surface area contributed by atoms with Crippen molar-refractivity contribution >= 4 is 23.4 Å². The van der Waals surface area contributed by atoms with Crippen molar-refractivity contribution in [2.75, 3.05) is 26.3 Å². The number of halogens is 1. The Balaban J connectivity index is 1.58. The summed E-state index contributed by atoms with van der Waals surface area (Å²) in [7, 11) is 0. The largest absolute Gasteiger partial charge is 0.490 e. The molecule has 2 amide bonds. The summed E-state index contributed by atoms with van der Waals surface area (Å²) >= 11 is 5.90. The number of nitrogens with zero attached hydrogens (tertiary/aromatic N) is 2. The van der Waals surface area contributed by atoms with E-state index < -0.39 is 11.5 Å². The molecule has 1 aromatic heterocycles. The Morgan fingerprint density at radius 1 is 1.20 bits per heavy atom. The third-order valence-electron chi connectivity index (χ3n) is 5.02. The standard InChI is InChI=1S/C22H26ClN3O4/c23-18-4-6-19(7-5-18)29-16-22(14-20(24)27)15-26(12-13-30-22)21(28)3-1-2-17-8-10-25-11-9-17/h4-11H,1-3,12-16H2,(H2,24,27)/t22-/m1/s1. The second kappa shape index (κ2) is 10.4. The van der Waals surface area contributed by atoms with Crippen molar-refractivity contribution in [1.82, 2.24) is 9.88 Å². The highest BCUT2D eigenvalue weighted by molar-refractivity contribution is 6.30. The van der Waals surface area contributed by atoms with Crippen molar-refractivity contribution < 1.29 is 19.1 Å². The molecule has 1 atom stereocenters. The van der Waals surface area contributed by atoms with Crippen LogP contribution in [0.3, 0.4) is 0 Å².